The van der Waals surface area contributed by atoms with E-state index in [-0.39, 0.29) is 27.6 Å². The molecule has 21 rings (SSSR count). The number of aromatic nitrogens is 2. The molecule has 0 bridgehead atoms. The molecule has 0 radical (unpaired) electrons. The summed E-state index contributed by atoms with van der Waals surface area (Å²) in [4.78, 5) is 5.36. The van der Waals surface area contributed by atoms with E-state index in [1.807, 2.05) is 6.08 Å². The lowest BCUT2D eigenvalue weighted by molar-refractivity contribution is 0.512. The molecule has 4 aliphatic carbocycles. The molecule has 3 aliphatic heterocycles. The van der Waals surface area contributed by atoms with Crippen molar-refractivity contribution in [2.75, 3.05) is 15.1 Å². The number of rotatable bonds is 10. The van der Waals surface area contributed by atoms with E-state index in [2.05, 4.69) is 399 Å². The van der Waals surface area contributed by atoms with Crippen molar-refractivity contribution in [2.24, 2.45) is 16.7 Å². The largest absolute Gasteiger partial charge is 0.356 e. The summed E-state index contributed by atoms with van der Waals surface area (Å²) in [7, 11) is 0.714. The predicted octanol–water partition coefficient (Wildman–Crippen LogP) is 26.1. The fourth-order valence-corrected chi connectivity index (χ4v) is 21.3. The van der Waals surface area contributed by atoms with E-state index in [0.29, 0.717) is 13.2 Å². The van der Waals surface area contributed by atoms with Gasteiger partial charge in [0.15, 0.2) is 0 Å². The zero-order valence-electron chi connectivity index (χ0n) is 67.7. The van der Waals surface area contributed by atoms with Crippen molar-refractivity contribution in [1.82, 2.24) is 9.13 Å². The summed E-state index contributed by atoms with van der Waals surface area (Å²) in [6, 6.07) is 99.1. The average molecular weight is 1470 g/mol. The minimum Gasteiger partial charge on any atom is -0.356 e. The van der Waals surface area contributed by atoms with Crippen molar-refractivity contribution in [2.45, 2.75) is 124 Å². The van der Waals surface area contributed by atoms with E-state index in [9.17, 15) is 0 Å². The molecule has 1 saturated carbocycles. The van der Waals surface area contributed by atoms with Gasteiger partial charge in [0.05, 0.1) is 67.4 Å². The second kappa shape index (κ2) is 24.7. The highest BCUT2D eigenvalue weighted by Crippen LogP contribution is 2.68. The molecule has 5 heterocycles. The number of para-hydroxylation sites is 5. The van der Waals surface area contributed by atoms with E-state index in [4.69, 9.17) is 6.58 Å². The Morgan fingerprint density at radius 3 is 1.43 bits per heavy atom. The smallest absolute Gasteiger partial charge is 0.200 e. The van der Waals surface area contributed by atoms with Crippen molar-refractivity contribution in [3.63, 3.8) is 0 Å². The maximum absolute atomic E-state index is 5.00. The molecule has 12 aromatic carbocycles. The van der Waals surface area contributed by atoms with Gasteiger partial charge in [-0.15, -0.1) is 0 Å². The minimum absolute atomic E-state index is 0.0120. The quantitative estimate of drug-likeness (QED) is 0.109. The highest BCUT2D eigenvalue weighted by Gasteiger charge is 2.56. The number of nitrogens with zero attached hydrogens (tertiary/aromatic N) is 4. The molecule has 5 nitrogen and oxygen atoms in total. The Morgan fingerprint density at radius 2 is 0.921 bits per heavy atom. The molecule has 0 saturated heterocycles. The van der Waals surface area contributed by atoms with Crippen LogP contribution in [-0.4, -0.2) is 16.4 Å². The molecule has 7 aliphatic rings. The third kappa shape index (κ3) is 9.91. The standard InChI is InChI=1S/C108H96BN5/c1-15-67(103(3,4)5)34-32-35-68(104(6,7)8)55-54-65(2)110-89-63-71(64-96-99(89)109-88-62-70(106(12,13)14)61-79-78-60-69(105(9,10)11)56-57-90(78)114(96)100(79)88)111-101-76(40-33-53-95(101)112-91-49-28-24-45-84(91)107(85-46-25-29-50-92(85)112)80-41-20-16-36-72(80)73-37-17-21-42-81(73)107)98-77-58-66(77)59-97(102(98)111)113-93-51-30-26-47-86(93)108(87-48-27-31-52-94(87)113)82-43-22-18-38-74(82)75-39-19-23-44-83(75)108/h15-31,33-57,59-64,66,77,109-110H,1-2,32,58H2,3-14H3/b55-54-,67-34+,68-35+. The third-order valence-electron chi connectivity index (χ3n) is 26.6. The Hall–Kier alpha value is -12.1. The van der Waals surface area contributed by atoms with Gasteiger partial charge in [-0.05, 0) is 213 Å². The first-order chi connectivity index (χ1) is 55.0. The fourth-order valence-electron chi connectivity index (χ4n) is 21.3. The zero-order chi connectivity index (χ0) is 78.0. The molecule has 0 amide bonds. The van der Waals surface area contributed by atoms with Crippen LogP contribution in [0.5, 0.6) is 0 Å². The monoisotopic (exact) mass is 1470 g/mol. The third-order valence-corrected chi connectivity index (χ3v) is 26.6. The molecular weight excluding hydrogens is 1380 g/mol. The molecule has 2 atom stereocenters. The second-order valence-electron chi connectivity index (χ2n) is 37.3. The van der Waals surface area contributed by atoms with Gasteiger partial charge in [-0.2, -0.15) is 0 Å². The van der Waals surface area contributed by atoms with Gasteiger partial charge in [-0.1, -0.05) is 326 Å². The number of hydrogen-bond acceptors (Lipinski definition) is 3. The van der Waals surface area contributed by atoms with Crippen LogP contribution in [0.25, 0.3) is 72.0 Å². The number of nitrogens with one attached hydrogen (secondary N) is 1. The van der Waals surface area contributed by atoms with Crippen LogP contribution in [0, 0.1) is 16.7 Å². The van der Waals surface area contributed by atoms with Gasteiger partial charge >= 0.3 is 0 Å². The van der Waals surface area contributed by atoms with Gasteiger partial charge in [0, 0.05) is 38.7 Å². The highest BCUT2D eigenvalue weighted by molar-refractivity contribution is 6.73. The van der Waals surface area contributed by atoms with Crippen LogP contribution in [0.2, 0.25) is 0 Å². The number of allylic oxidation sites excluding steroid dienone is 8. The normalized spacial score (nSPS) is 17.0. The van der Waals surface area contributed by atoms with Crippen LogP contribution in [-0.2, 0) is 21.7 Å². The number of hydrogen-bond donors (Lipinski definition) is 1. The highest BCUT2D eigenvalue weighted by atomic mass is 15.2. The van der Waals surface area contributed by atoms with Crippen molar-refractivity contribution < 1.29 is 0 Å². The Balaban J connectivity index is 0.866. The fraction of sp³-hybridized carbons (Fsp3) is 0.204. The first kappa shape index (κ1) is 69.8. The van der Waals surface area contributed by atoms with Crippen LogP contribution in [0.3, 0.4) is 0 Å². The lowest BCUT2D eigenvalue weighted by Gasteiger charge is -2.46. The van der Waals surface area contributed by atoms with Crippen LogP contribution in [0.15, 0.2) is 321 Å². The molecule has 556 valence electrons. The van der Waals surface area contributed by atoms with E-state index >= 15 is 0 Å². The first-order valence-corrected chi connectivity index (χ1v) is 41.2. The predicted molar refractivity (Wildman–Crippen MR) is 483 cm³/mol. The molecule has 2 aromatic heterocycles. The zero-order valence-corrected chi connectivity index (χ0v) is 67.7. The van der Waals surface area contributed by atoms with Crippen LogP contribution >= 0.6 is 0 Å². The van der Waals surface area contributed by atoms with Gasteiger partial charge in [0.2, 0.25) is 7.28 Å². The number of fused-ring (bicyclic) bond motifs is 28. The Morgan fingerprint density at radius 1 is 0.447 bits per heavy atom. The van der Waals surface area contributed by atoms with Gasteiger partial charge in [0.25, 0.3) is 0 Å². The average Bonchev–Trinajstić information content (AvgIpc) is 1.49. The maximum Gasteiger partial charge on any atom is 0.200 e. The van der Waals surface area contributed by atoms with Gasteiger partial charge < -0.3 is 24.3 Å². The van der Waals surface area contributed by atoms with Gasteiger partial charge in [-0.25, -0.2) is 0 Å². The summed E-state index contributed by atoms with van der Waals surface area (Å²) in [5.74, 6) is 0.589. The molecule has 2 unspecified atom stereocenters. The van der Waals surface area contributed by atoms with Crippen molar-refractivity contribution in [3.8, 4) is 33.6 Å². The molecular formula is C108H96BN5. The van der Waals surface area contributed by atoms with Crippen molar-refractivity contribution in [1.29, 1.82) is 0 Å². The van der Waals surface area contributed by atoms with E-state index < -0.39 is 10.8 Å². The Kier molecular flexibility index (Phi) is 15.1. The SMILES string of the molecule is C=C/C(=C\C/C=C(\C=C/C(=C)Nc1cc(-n2c3c(c4cccc(N5c6ccccc6C6(c7ccccc7-c7ccccc76)c6ccccc65)c42)C2CC2C=C3N2c3ccccc3C3(c4ccccc4-c4ccccc43)c3ccccc32)cc2c1Bc1cc(C(C)(C)C)cc3c4cc(C(C)(C)C)ccc4n-2c13)C(C)(C)C)C(C)(C)C. The van der Waals surface area contributed by atoms with Crippen molar-refractivity contribution >= 4 is 90.7 Å². The van der Waals surface area contributed by atoms with E-state index in [0.717, 1.165) is 58.2 Å². The number of benzene rings is 12. The summed E-state index contributed by atoms with van der Waals surface area (Å²) in [6.07, 6.45) is 15.8. The van der Waals surface area contributed by atoms with Crippen LogP contribution in [0.1, 0.15) is 169 Å². The molecule has 1 N–H and O–H groups in total. The second-order valence-corrected chi connectivity index (χ2v) is 37.3. The molecule has 6 heteroatoms. The maximum atomic E-state index is 5.00. The van der Waals surface area contributed by atoms with E-state index in [1.165, 1.54) is 155 Å². The summed E-state index contributed by atoms with van der Waals surface area (Å²) >= 11 is 0. The summed E-state index contributed by atoms with van der Waals surface area (Å²) in [6.45, 7) is 37.1. The van der Waals surface area contributed by atoms with E-state index in [1.54, 1.807) is 0 Å². The minimum atomic E-state index is -0.601. The number of anilines is 6. The van der Waals surface area contributed by atoms with Crippen LogP contribution in [0.4, 0.5) is 34.1 Å². The lowest BCUT2D eigenvalue weighted by atomic mass is 9.59. The summed E-state index contributed by atoms with van der Waals surface area (Å²) < 4.78 is 5.42. The van der Waals surface area contributed by atoms with Gasteiger partial charge in [-0.3, -0.25) is 0 Å². The Bertz CT molecular complexity index is 6490. The molecule has 1 fully saturated rings. The summed E-state index contributed by atoms with van der Waals surface area (Å²) in [5.41, 5.74) is 39.0. The molecule has 114 heavy (non-hydrogen) atoms. The topological polar surface area (TPSA) is 28.4 Å². The van der Waals surface area contributed by atoms with Crippen LogP contribution < -0.4 is 26.0 Å². The summed E-state index contributed by atoms with van der Waals surface area (Å²) in [5, 5.41) is 8.04. The Labute approximate surface area is 672 Å². The molecule has 14 aromatic rings. The molecule has 2 spiro atoms. The van der Waals surface area contributed by atoms with Crippen molar-refractivity contribution in [3.05, 3.63) is 388 Å². The first-order valence-electron chi connectivity index (χ1n) is 41.2. The lowest BCUT2D eigenvalue weighted by Crippen LogP contribution is -2.38. The van der Waals surface area contributed by atoms with Gasteiger partial charge in [0.1, 0.15) is 0 Å².